The minimum absolute atomic E-state index is 0.00940. The van der Waals surface area contributed by atoms with E-state index in [-0.39, 0.29) is 11.9 Å². The number of nitrogens with one attached hydrogen (secondary N) is 2. The number of hydrogen-bond donors (Lipinski definition) is 2. The van der Waals surface area contributed by atoms with Gasteiger partial charge in [0.15, 0.2) is 0 Å². The number of rotatable bonds is 7. The second-order valence-corrected chi connectivity index (χ2v) is 4.64. The van der Waals surface area contributed by atoms with Gasteiger partial charge in [-0.25, -0.2) is 0 Å². The maximum Gasteiger partial charge on any atom is 0.253 e. The molecule has 100 valence electrons. The molecule has 1 aromatic carbocycles. The molecule has 18 heavy (non-hydrogen) atoms. The van der Waals surface area contributed by atoms with Crippen LogP contribution in [0.2, 0.25) is 0 Å². The third-order valence-electron chi connectivity index (χ3n) is 2.84. The van der Waals surface area contributed by atoms with Gasteiger partial charge in [0.1, 0.15) is 0 Å². The van der Waals surface area contributed by atoms with E-state index in [9.17, 15) is 4.79 Å². The molecule has 3 heteroatoms. The first-order chi connectivity index (χ1) is 8.69. The molecule has 1 rings (SSSR count). The molecule has 0 saturated carbocycles. The van der Waals surface area contributed by atoms with Crippen LogP contribution in [0.25, 0.3) is 0 Å². The number of para-hydroxylation sites is 1. The van der Waals surface area contributed by atoms with Crippen LogP contribution in [0, 0.1) is 0 Å². The molecule has 0 heterocycles. The van der Waals surface area contributed by atoms with Crippen molar-refractivity contribution in [3.63, 3.8) is 0 Å². The molecule has 0 radical (unpaired) electrons. The monoisotopic (exact) mass is 248 g/mol. The fourth-order valence-corrected chi connectivity index (χ4v) is 1.90. The summed E-state index contributed by atoms with van der Waals surface area (Å²) in [6.45, 7) is 7.16. The molecule has 2 N–H and O–H groups in total. The molecule has 0 aromatic heterocycles. The molecule has 1 unspecified atom stereocenters. The Hall–Kier alpha value is -1.51. The summed E-state index contributed by atoms with van der Waals surface area (Å²) in [7, 11) is 0. The number of benzene rings is 1. The molecular weight excluding hydrogens is 224 g/mol. The standard InChI is InChI=1S/C15H24N2O/c1-4-8-12(3)17-15(18)13-9-6-7-10-14(13)16-11-5-2/h6-7,9-10,12,16H,4-5,8,11H2,1-3H3,(H,17,18). The van der Waals surface area contributed by atoms with Crippen molar-refractivity contribution in [3.05, 3.63) is 29.8 Å². The molecule has 0 aliphatic rings. The van der Waals surface area contributed by atoms with Gasteiger partial charge in [-0.2, -0.15) is 0 Å². The maximum atomic E-state index is 12.2. The Bertz CT molecular complexity index is 377. The molecule has 1 aromatic rings. The highest BCUT2D eigenvalue weighted by atomic mass is 16.1. The van der Waals surface area contributed by atoms with Gasteiger partial charge < -0.3 is 10.6 Å². The van der Waals surface area contributed by atoms with Gasteiger partial charge >= 0.3 is 0 Å². The van der Waals surface area contributed by atoms with E-state index in [2.05, 4.69) is 24.5 Å². The van der Waals surface area contributed by atoms with E-state index in [1.54, 1.807) is 0 Å². The normalized spacial score (nSPS) is 11.9. The van der Waals surface area contributed by atoms with Crippen molar-refractivity contribution >= 4 is 11.6 Å². The van der Waals surface area contributed by atoms with Crippen LogP contribution < -0.4 is 10.6 Å². The summed E-state index contributed by atoms with van der Waals surface area (Å²) >= 11 is 0. The lowest BCUT2D eigenvalue weighted by Gasteiger charge is -2.15. The predicted octanol–water partition coefficient (Wildman–Crippen LogP) is 3.43. The van der Waals surface area contributed by atoms with Gasteiger partial charge in [0, 0.05) is 18.3 Å². The summed E-state index contributed by atoms with van der Waals surface area (Å²) in [6.07, 6.45) is 3.13. The third-order valence-corrected chi connectivity index (χ3v) is 2.84. The fourth-order valence-electron chi connectivity index (χ4n) is 1.90. The van der Waals surface area contributed by atoms with Crippen molar-refractivity contribution in [2.24, 2.45) is 0 Å². The molecule has 0 saturated heterocycles. The first-order valence-electron chi connectivity index (χ1n) is 6.82. The van der Waals surface area contributed by atoms with Crippen LogP contribution in [-0.2, 0) is 0 Å². The Labute approximate surface area is 110 Å². The lowest BCUT2D eigenvalue weighted by molar-refractivity contribution is 0.0939. The Morgan fingerprint density at radius 3 is 2.61 bits per heavy atom. The maximum absolute atomic E-state index is 12.2. The molecule has 0 bridgehead atoms. The topological polar surface area (TPSA) is 41.1 Å². The Kier molecular flexibility index (Phi) is 6.26. The zero-order valence-electron chi connectivity index (χ0n) is 11.6. The van der Waals surface area contributed by atoms with Crippen LogP contribution in [0.4, 0.5) is 5.69 Å². The second-order valence-electron chi connectivity index (χ2n) is 4.64. The first kappa shape index (κ1) is 14.6. The first-order valence-corrected chi connectivity index (χ1v) is 6.82. The van der Waals surface area contributed by atoms with Crippen molar-refractivity contribution < 1.29 is 4.79 Å². The summed E-state index contributed by atoms with van der Waals surface area (Å²) in [6, 6.07) is 7.89. The Morgan fingerprint density at radius 2 is 1.94 bits per heavy atom. The number of hydrogen-bond acceptors (Lipinski definition) is 2. The average molecular weight is 248 g/mol. The van der Waals surface area contributed by atoms with Gasteiger partial charge in [-0.3, -0.25) is 4.79 Å². The summed E-state index contributed by atoms with van der Waals surface area (Å²) in [5.41, 5.74) is 1.65. The minimum atomic E-state index is 0.00940. The van der Waals surface area contributed by atoms with Crippen molar-refractivity contribution in [2.45, 2.75) is 46.1 Å². The fraction of sp³-hybridized carbons (Fsp3) is 0.533. The highest BCUT2D eigenvalue weighted by Crippen LogP contribution is 2.15. The quantitative estimate of drug-likeness (QED) is 0.776. The largest absolute Gasteiger partial charge is 0.384 e. The number of anilines is 1. The smallest absolute Gasteiger partial charge is 0.253 e. The Balaban J connectivity index is 2.71. The molecule has 0 fully saturated rings. The number of carbonyl (C=O) groups is 1. The predicted molar refractivity (Wildman–Crippen MR) is 77.1 cm³/mol. The van der Waals surface area contributed by atoms with Crippen molar-refractivity contribution in [2.75, 3.05) is 11.9 Å². The zero-order chi connectivity index (χ0) is 13.4. The molecular formula is C15H24N2O. The van der Waals surface area contributed by atoms with E-state index in [1.807, 2.05) is 31.2 Å². The van der Waals surface area contributed by atoms with Crippen LogP contribution in [0.15, 0.2) is 24.3 Å². The second kappa shape index (κ2) is 7.75. The van der Waals surface area contributed by atoms with Crippen molar-refractivity contribution in [1.82, 2.24) is 5.32 Å². The minimum Gasteiger partial charge on any atom is -0.384 e. The van der Waals surface area contributed by atoms with Gasteiger partial charge in [0.25, 0.3) is 5.91 Å². The highest BCUT2D eigenvalue weighted by molar-refractivity contribution is 5.99. The highest BCUT2D eigenvalue weighted by Gasteiger charge is 2.12. The summed E-state index contributed by atoms with van der Waals surface area (Å²) in [5, 5.41) is 6.32. The summed E-state index contributed by atoms with van der Waals surface area (Å²) < 4.78 is 0. The average Bonchev–Trinajstić information content (AvgIpc) is 2.36. The van der Waals surface area contributed by atoms with Gasteiger partial charge in [0.05, 0.1) is 5.56 Å². The summed E-state index contributed by atoms with van der Waals surface area (Å²) in [5.74, 6) is 0.00940. The van der Waals surface area contributed by atoms with E-state index in [1.165, 1.54) is 0 Å². The van der Waals surface area contributed by atoms with E-state index >= 15 is 0 Å². The van der Waals surface area contributed by atoms with Gasteiger partial charge in [0.2, 0.25) is 0 Å². The molecule has 0 aliphatic carbocycles. The van der Waals surface area contributed by atoms with Gasteiger partial charge in [-0.1, -0.05) is 32.4 Å². The van der Waals surface area contributed by atoms with E-state index in [4.69, 9.17) is 0 Å². The zero-order valence-corrected chi connectivity index (χ0v) is 11.6. The summed E-state index contributed by atoms with van der Waals surface area (Å²) in [4.78, 5) is 12.2. The molecule has 0 spiro atoms. The Morgan fingerprint density at radius 1 is 1.22 bits per heavy atom. The lowest BCUT2D eigenvalue weighted by Crippen LogP contribution is -2.32. The van der Waals surface area contributed by atoms with Crippen molar-refractivity contribution in [3.8, 4) is 0 Å². The number of carbonyl (C=O) groups excluding carboxylic acids is 1. The van der Waals surface area contributed by atoms with Crippen LogP contribution >= 0.6 is 0 Å². The van der Waals surface area contributed by atoms with Crippen LogP contribution in [0.1, 0.15) is 50.4 Å². The molecule has 1 atom stereocenters. The van der Waals surface area contributed by atoms with E-state index < -0.39 is 0 Å². The molecule has 3 nitrogen and oxygen atoms in total. The van der Waals surface area contributed by atoms with Crippen LogP contribution in [0.3, 0.4) is 0 Å². The molecule has 1 amide bonds. The molecule has 0 aliphatic heterocycles. The van der Waals surface area contributed by atoms with Crippen LogP contribution in [0.5, 0.6) is 0 Å². The lowest BCUT2D eigenvalue weighted by atomic mass is 10.1. The third kappa shape index (κ3) is 4.40. The number of amides is 1. The van der Waals surface area contributed by atoms with Crippen LogP contribution in [-0.4, -0.2) is 18.5 Å². The van der Waals surface area contributed by atoms with Crippen molar-refractivity contribution in [1.29, 1.82) is 0 Å². The van der Waals surface area contributed by atoms with E-state index in [0.717, 1.165) is 37.1 Å². The van der Waals surface area contributed by atoms with Gasteiger partial charge in [-0.05, 0) is 31.9 Å². The SMILES string of the molecule is CCCNc1ccccc1C(=O)NC(C)CCC. The van der Waals surface area contributed by atoms with E-state index in [0.29, 0.717) is 0 Å². The van der Waals surface area contributed by atoms with Gasteiger partial charge in [-0.15, -0.1) is 0 Å².